The van der Waals surface area contributed by atoms with Gasteiger partial charge in [0.05, 0.1) is 16.1 Å². The molecule has 7 heavy (non-hydrogen) atoms. The van der Waals surface area contributed by atoms with Crippen LogP contribution in [0.15, 0.2) is 21.1 Å². The molecule has 0 aliphatic carbocycles. The van der Waals surface area contributed by atoms with Crippen molar-refractivity contribution in [3.63, 3.8) is 0 Å². The van der Waals surface area contributed by atoms with Gasteiger partial charge in [-0.2, -0.15) is 0 Å². The van der Waals surface area contributed by atoms with Crippen molar-refractivity contribution in [1.29, 1.82) is 0 Å². The van der Waals surface area contributed by atoms with E-state index in [4.69, 9.17) is 0 Å². The Hall–Kier alpha value is -0.280. The molecule has 0 radical (unpaired) electrons. The van der Waals surface area contributed by atoms with Crippen molar-refractivity contribution in [2.75, 3.05) is 0 Å². The molecule has 1 aliphatic heterocycles. The molecular formula is C4H3IN2. The van der Waals surface area contributed by atoms with E-state index in [1.807, 2.05) is 0 Å². The number of hydrogen-bond acceptors (Lipinski definition) is 2. The Balaban J connectivity index is 2.77. The van der Waals surface area contributed by atoms with E-state index >= 15 is 0 Å². The molecule has 0 aromatic rings. The van der Waals surface area contributed by atoms with Gasteiger partial charge in [-0.05, 0) is 22.6 Å². The summed E-state index contributed by atoms with van der Waals surface area (Å²) in [6.45, 7) is 0. The van der Waals surface area contributed by atoms with Gasteiger partial charge in [0, 0.05) is 5.87 Å². The van der Waals surface area contributed by atoms with E-state index in [-0.39, 0.29) is 0 Å². The van der Waals surface area contributed by atoms with Crippen molar-refractivity contribution in [3.05, 3.63) is 16.1 Å². The van der Waals surface area contributed by atoms with Crippen LogP contribution in [0.2, 0.25) is 0 Å². The largest absolute Gasteiger partial charge is 0.348 e. The van der Waals surface area contributed by atoms with Gasteiger partial charge >= 0.3 is 0 Å². The minimum atomic E-state index is 1.02. The molecule has 0 bridgehead atoms. The maximum atomic E-state index is 3.72. The molecule has 0 amide bonds. The third kappa shape index (κ3) is 1.33. The van der Waals surface area contributed by atoms with Gasteiger partial charge in [0.25, 0.3) is 0 Å². The highest BCUT2D eigenvalue weighted by Crippen LogP contribution is 2.00. The fraction of sp³-hybridized carbons (Fsp3) is 0. The summed E-state index contributed by atoms with van der Waals surface area (Å²) in [6, 6.07) is 0. The van der Waals surface area contributed by atoms with Gasteiger partial charge in [-0.1, -0.05) is 0 Å². The second kappa shape index (κ2) is 2.14. The van der Waals surface area contributed by atoms with Crippen molar-refractivity contribution in [1.82, 2.24) is 5.32 Å². The lowest BCUT2D eigenvalue weighted by Crippen LogP contribution is -1.99. The molecule has 1 heterocycles. The van der Waals surface area contributed by atoms with Crippen LogP contribution in [0.4, 0.5) is 0 Å². The second-order valence-corrected chi connectivity index (χ2v) is 2.19. The average molecular weight is 206 g/mol. The first-order valence-electron chi connectivity index (χ1n) is 1.79. The summed E-state index contributed by atoms with van der Waals surface area (Å²) in [7, 11) is 0. The molecule has 1 N–H and O–H groups in total. The zero-order valence-electron chi connectivity index (χ0n) is 3.48. The first-order valence-corrected chi connectivity index (χ1v) is 2.87. The van der Waals surface area contributed by atoms with E-state index in [9.17, 15) is 0 Å². The maximum Gasteiger partial charge on any atom is 0.0969 e. The second-order valence-electron chi connectivity index (χ2n) is 1.02. The molecule has 0 saturated carbocycles. The van der Waals surface area contributed by atoms with Gasteiger partial charge in [0.1, 0.15) is 0 Å². The highest BCUT2D eigenvalue weighted by Gasteiger charge is 1.83. The minimum Gasteiger partial charge on any atom is -0.348 e. The Morgan fingerprint density at radius 3 is 3.00 bits per heavy atom. The number of nitrogens with zero attached hydrogens (tertiary/aromatic N) is 1. The molecule has 1 aliphatic rings. The van der Waals surface area contributed by atoms with Gasteiger partial charge in [0.2, 0.25) is 0 Å². The van der Waals surface area contributed by atoms with Gasteiger partial charge in [0.15, 0.2) is 0 Å². The molecule has 3 heteroatoms. The first kappa shape index (κ1) is 4.87. The van der Waals surface area contributed by atoms with Crippen LogP contribution in [0.3, 0.4) is 0 Å². The molecule has 0 aromatic carbocycles. The Morgan fingerprint density at radius 2 is 2.71 bits per heavy atom. The van der Waals surface area contributed by atoms with E-state index in [0.717, 1.165) is 3.70 Å². The van der Waals surface area contributed by atoms with Crippen molar-refractivity contribution >= 4 is 28.5 Å². The fourth-order valence-electron chi connectivity index (χ4n) is 0.270. The summed E-state index contributed by atoms with van der Waals surface area (Å²) in [5, 5.41) is 2.90. The van der Waals surface area contributed by atoms with E-state index in [2.05, 4.69) is 38.8 Å². The van der Waals surface area contributed by atoms with Crippen LogP contribution in [-0.4, -0.2) is 5.87 Å². The summed E-state index contributed by atoms with van der Waals surface area (Å²) in [5.74, 6) is 2.62. The molecule has 0 unspecified atom stereocenters. The number of rotatable bonds is 0. The maximum absolute atomic E-state index is 3.72. The molecule has 0 fully saturated rings. The molecule has 0 saturated heterocycles. The molecular weight excluding hydrogens is 203 g/mol. The zero-order valence-corrected chi connectivity index (χ0v) is 5.64. The number of halogens is 1. The van der Waals surface area contributed by atoms with Gasteiger partial charge in [-0.3, -0.25) is 0 Å². The van der Waals surface area contributed by atoms with Crippen LogP contribution >= 0.6 is 22.6 Å². The summed E-state index contributed by atoms with van der Waals surface area (Å²) < 4.78 is 1.02. The Kier molecular flexibility index (Phi) is 1.49. The standard InChI is InChI=1S/C4H3IN2/c5-4-3-6-1-2-7-4/h2-3,7H. The van der Waals surface area contributed by atoms with Gasteiger partial charge in [-0.25, -0.2) is 4.99 Å². The number of aliphatic imine (C=N–C) groups is 1. The highest BCUT2D eigenvalue weighted by molar-refractivity contribution is 14.1. The van der Waals surface area contributed by atoms with Crippen LogP contribution < -0.4 is 5.32 Å². The minimum absolute atomic E-state index is 1.02. The SMILES string of the molecule is IC1=CN=C=CN1. The zero-order chi connectivity index (χ0) is 5.11. The molecule has 0 spiro atoms. The summed E-state index contributed by atoms with van der Waals surface area (Å²) >= 11 is 2.14. The van der Waals surface area contributed by atoms with E-state index in [0.29, 0.717) is 0 Å². The smallest absolute Gasteiger partial charge is 0.0969 e. The summed E-state index contributed by atoms with van der Waals surface area (Å²) in [6.07, 6.45) is 3.38. The van der Waals surface area contributed by atoms with E-state index in [1.54, 1.807) is 12.4 Å². The Labute approximate surface area is 55.2 Å². The lowest BCUT2D eigenvalue weighted by Gasteiger charge is -1.93. The van der Waals surface area contributed by atoms with Crippen molar-refractivity contribution < 1.29 is 0 Å². The normalized spacial score (nSPS) is 15.9. The van der Waals surface area contributed by atoms with Crippen LogP contribution in [0.5, 0.6) is 0 Å². The van der Waals surface area contributed by atoms with Crippen molar-refractivity contribution in [2.45, 2.75) is 0 Å². The predicted molar refractivity (Wildman–Crippen MR) is 37.2 cm³/mol. The lowest BCUT2D eigenvalue weighted by atomic mass is 10.8. The summed E-state index contributed by atoms with van der Waals surface area (Å²) in [5.41, 5.74) is 0. The van der Waals surface area contributed by atoms with Gasteiger partial charge < -0.3 is 5.32 Å². The van der Waals surface area contributed by atoms with Crippen LogP contribution in [0, 0.1) is 0 Å². The predicted octanol–water partition coefficient (Wildman–Crippen LogP) is 1.01. The van der Waals surface area contributed by atoms with Crippen molar-refractivity contribution in [2.24, 2.45) is 4.99 Å². The third-order valence-electron chi connectivity index (χ3n) is 0.527. The van der Waals surface area contributed by atoms with E-state index < -0.39 is 0 Å². The van der Waals surface area contributed by atoms with Crippen LogP contribution in [0.25, 0.3) is 0 Å². The Morgan fingerprint density at radius 1 is 1.86 bits per heavy atom. The molecule has 2 nitrogen and oxygen atoms in total. The topological polar surface area (TPSA) is 24.4 Å². The number of nitrogens with one attached hydrogen (secondary N) is 1. The third-order valence-corrected chi connectivity index (χ3v) is 1.12. The highest BCUT2D eigenvalue weighted by atomic mass is 127. The Bertz CT molecular complexity index is 153. The van der Waals surface area contributed by atoms with Crippen molar-refractivity contribution in [3.8, 4) is 0 Å². The van der Waals surface area contributed by atoms with E-state index in [1.165, 1.54) is 0 Å². The van der Waals surface area contributed by atoms with Crippen LogP contribution in [0.1, 0.15) is 0 Å². The first-order chi connectivity index (χ1) is 3.39. The number of hydrogen-bond donors (Lipinski definition) is 1. The quantitative estimate of drug-likeness (QED) is 0.464. The van der Waals surface area contributed by atoms with Gasteiger partial charge in [-0.15, -0.1) is 0 Å². The molecule has 1 rings (SSSR count). The summed E-state index contributed by atoms with van der Waals surface area (Å²) in [4.78, 5) is 3.72. The molecule has 0 atom stereocenters. The lowest BCUT2D eigenvalue weighted by molar-refractivity contribution is 1.17. The molecule has 36 valence electrons. The molecule has 0 aromatic heterocycles. The fourth-order valence-corrected chi connectivity index (χ4v) is 0.565. The monoisotopic (exact) mass is 206 g/mol. The average Bonchev–Trinajstić information content (AvgIpc) is 1.69. The van der Waals surface area contributed by atoms with Crippen LogP contribution in [-0.2, 0) is 0 Å².